The number of nitrogens with zero attached hydrogens (tertiary/aromatic N) is 10. The fourth-order valence-corrected chi connectivity index (χ4v) is 7.23. The number of hydrogen-bond donors (Lipinski definition) is 7. The first-order valence-electron chi connectivity index (χ1n) is 18.5. The highest BCUT2D eigenvalue weighted by molar-refractivity contribution is 5.83. The number of aryl methyl sites for hydroxylation is 2. The minimum atomic E-state index is -0.434. The van der Waals surface area contributed by atoms with E-state index < -0.39 is 5.91 Å². The zero-order valence-electron chi connectivity index (χ0n) is 31.5. The monoisotopic (exact) mass is 765 g/mol. The molecule has 2 aliphatic rings. The molecule has 4 atom stereocenters. The zero-order chi connectivity index (χ0) is 39.5. The highest BCUT2D eigenvalue weighted by atomic mass is 16.2. The van der Waals surface area contributed by atoms with E-state index in [4.69, 9.17) is 27.2 Å². The maximum atomic E-state index is 12.2. The van der Waals surface area contributed by atoms with Gasteiger partial charge in [0.25, 0.3) is 0 Å². The molecule has 2 fully saturated rings. The second kappa shape index (κ2) is 16.1. The summed E-state index contributed by atoms with van der Waals surface area (Å²) in [5, 5.41) is 29.2. The fraction of sp³-hybridized carbons (Fsp3) is 0.417. The average molecular weight is 766 g/mol. The summed E-state index contributed by atoms with van der Waals surface area (Å²) in [6.45, 7) is 1.55. The molecule has 0 spiro atoms. The van der Waals surface area contributed by atoms with Crippen LogP contribution < -0.4 is 38.5 Å². The second-order valence-corrected chi connectivity index (χ2v) is 14.2. The molecule has 20 nitrogen and oxygen atoms in total. The van der Waals surface area contributed by atoms with Crippen molar-refractivity contribution in [2.45, 2.75) is 56.0 Å². The summed E-state index contributed by atoms with van der Waals surface area (Å²) in [5.41, 5.74) is 24.4. The van der Waals surface area contributed by atoms with Crippen LogP contribution in [0, 0.1) is 0 Å². The molecule has 2 aliphatic heterocycles. The second-order valence-electron chi connectivity index (χ2n) is 14.2. The number of carbonyl (C=O) groups excluding carboxylic acids is 3. The van der Waals surface area contributed by atoms with Crippen LogP contribution in [-0.4, -0.2) is 105 Å². The van der Waals surface area contributed by atoms with Gasteiger partial charge in [0, 0.05) is 106 Å². The van der Waals surface area contributed by atoms with Gasteiger partial charge in [0.15, 0.2) is 11.3 Å². The molecule has 6 aromatic rings. The molecule has 6 aromatic heterocycles. The van der Waals surface area contributed by atoms with Crippen molar-refractivity contribution >= 4 is 40.7 Å². The van der Waals surface area contributed by atoms with Crippen molar-refractivity contribution in [1.29, 1.82) is 0 Å². The Morgan fingerprint density at radius 3 is 1.61 bits per heavy atom. The number of primary amides is 1. The van der Waals surface area contributed by atoms with Gasteiger partial charge >= 0.3 is 0 Å². The molecule has 0 unspecified atom stereocenters. The van der Waals surface area contributed by atoms with Crippen molar-refractivity contribution in [3.8, 4) is 22.3 Å². The van der Waals surface area contributed by atoms with E-state index in [1.165, 1.54) is 0 Å². The van der Waals surface area contributed by atoms with Gasteiger partial charge in [-0.05, 0) is 25.7 Å². The van der Waals surface area contributed by atoms with Crippen LogP contribution in [0.15, 0.2) is 49.3 Å². The van der Waals surface area contributed by atoms with Crippen molar-refractivity contribution in [2.24, 2.45) is 19.8 Å². The third-order valence-electron chi connectivity index (χ3n) is 10.3. The molecular weight excluding hydrogens is 719 g/mol. The first kappa shape index (κ1) is 37.9. The Balaban J connectivity index is 0.000000173. The molecule has 0 aliphatic carbocycles. The topological polar surface area (TPSA) is 273 Å². The number of nitrogens with two attached hydrogens (primary N) is 3. The van der Waals surface area contributed by atoms with Gasteiger partial charge in [-0.2, -0.15) is 29.4 Å². The van der Waals surface area contributed by atoms with Crippen LogP contribution in [0.3, 0.4) is 0 Å². The maximum absolute atomic E-state index is 12.2. The average Bonchev–Trinajstić information content (AvgIpc) is 4.01. The Hall–Kier alpha value is -6.41. The van der Waals surface area contributed by atoms with E-state index in [0.717, 1.165) is 58.6 Å². The molecule has 2 saturated heterocycles. The molecule has 0 aromatic carbocycles. The number of nitrogens with one attached hydrogen (secondary N) is 4. The van der Waals surface area contributed by atoms with Crippen LogP contribution >= 0.6 is 0 Å². The van der Waals surface area contributed by atoms with Crippen molar-refractivity contribution in [2.75, 3.05) is 38.1 Å². The van der Waals surface area contributed by atoms with Gasteiger partial charge in [-0.15, -0.1) is 0 Å². The van der Waals surface area contributed by atoms with E-state index in [9.17, 15) is 14.4 Å². The Labute approximate surface area is 321 Å². The Morgan fingerprint density at radius 1 is 0.732 bits per heavy atom. The number of rotatable bonds is 9. The fourth-order valence-electron chi connectivity index (χ4n) is 7.23. The molecule has 20 heteroatoms. The SMILES string of the molecule is CNC(=O)[C@@H]1CC[C@H](c2cc(N)n3ncc(-c4cnn(C)c4)c3n2)CN1.Cn1cc(-c2cnn3c(N)cc([C@H]4CC[C@@H](C(=O)NCCC(N)=O)NC4)nc23)cn1. The molecule has 8 heterocycles. The maximum Gasteiger partial charge on any atom is 0.237 e. The van der Waals surface area contributed by atoms with Crippen LogP contribution in [-0.2, 0) is 28.5 Å². The predicted molar refractivity (Wildman–Crippen MR) is 208 cm³/mol. The molecule has 0 bridgehead atoms. The van der Waals surface area contributed by atoms with Gasteiger partial charge in [0.05, 0.1) is 48.3 Å². The van der Waals surface area contributed by atoms with Gasteiger partial charge < -0.3 is 38.5 Å². The number of likely N-dealkylation sites (N-methyl/N-ethyl adjacent to an activating group) is 1. The number of piperidine rings is 2. The van der Waals surface area contributed by atoms with Gasteiger partial charge in [0.1, 0.15) is 11.6 Å². The van der Waals surface area contributed by atoms with E-state index in [1.54, 1.807) is 50.2 Å². The molecule has 8 rings (SSSR count). The van der Waals surface area contributed by atoms with E-state index in [0.29, 0.717) is 36.8 Å². The predicted octanol–water partition coefficient (Wildman–Crippen LogP) is -0.167. The number of anilines is 2. The van der Waals surface area contributed by atoms with Gasteiger partial charge in [0.2, 0.25) is 17.7 Å². The van der Waals surface area contributed by atoms with Crippen molar-refractivity contribution in [1.82, 2.24) is 70.0 Å². The minimum Gasteiger partial charge on any atom is -0.384 e. The lowest BCUT2D eigenvalue weighted by Gasteiger charge is -2.29. The lowest BCUT2D eigenvalue weighted by atomic mass is 9.91. The van der Waals surface area contributed by atoms with Gasteiger partial charge in [-0.3, -0.25) is 23.7 Å². The summed E-state index contributed by atoms with van der Waals surface area (Å²) in [6.07, 6.45) is 14.1. The lowest BCUT2D eigenvalue weighted by Crippen LogP contribution is -2.49. The van der Waals surface area contributed by atoms with Crippen molar-refractivity contribution in [3.63, 3.8) is 0 Å². The molecule has 56 heavy (non-hydrogen) atoms. The van der Waals surface area contributed by atoms with E-state index in [1.807, 2.05) is 38.6 Å². The van der Waals surface area contributed by atoms with Crippen LogP contribution in [0.25, 0.3) is 33.5 Å². The number of carbonyl (C=O) groups is 3. The summed E-state index contributed by atoms with van der Waals surface area (Å²) in [4.78, 5) is 44.5. The van der Waals surface area contributed by atoms with Crippen LogP contribution in [0.2, 0.25) is 0 Å². The summed E-state index contributed by atoms with van der Waals surface area (Å²) in [7, 11) is 5.39. The molecule has 10 N–H and O–H groups in total. The third kappa shape index (κ3) is 8.01. The highest BCUT2D eigenvalue weighted by Crippen LogP contribution is 2.31. The summed E-state index contributed by atoms with van der Waals surface area (Å²) >= 11 is 0. The van der Waals surface area contributed by atoms with E-state index in [2.05, 4.69) is 41.7 Å². The van der Waals surface area contributed by atoms with Crippen molar-refractivity contribution in [3.05, 3.63) is 60.7 Å². The molecule has 294 valence electrons. The Morgan fingerprint density at radius 2 is 1.21 bits per heavy atom. The number of nitrogen functional groups attached to an aromatic ring is 2. The Bertz CT molecular complexity index is 2360. The smallest absolute Gasteiger partial charge is 0.237 e. The summed E-state index contributed by atoms with van der Waals surface area (Å²) in [6, 6.07) is 3.28. The van der Waals surface area contributed by atoms with Gasteiger partial charge in [-0.1, -0.05) is 0 Å². The lowest BCUT2D eigenvalue weighted by molar-refractivity contribution is -0.124. The number of fused-ring (bicyclic) bond motifs is 2. The minimum absolute atomic E-state index is 0.0287. The number of amides is 3. The Kier molecular flexibility index (Phi) is 10.9. The summed E-state index contributed by atoms with van der Waals surface area (Å²) < 4.78 is 6.74. The van der Waals surface area contributed by atoms with Crippen molar-refractivity contribution < 1.29 is 14.4 Å². The van der Waals surface area contributed by atoms with Gasteiger partial charge in [-0.25, -0.2) is 9.97 Å². The number of hydrogen-bond acceptors (Lipinski definition) is 13. The molecule has 3 amide bonds. The zero-order valence-corrected chi connectivity index (χ0v) is 31.5. The summed E-state index contributed by atoms with van der Waals surface area (Å²) in [5.74, 6) is 0.873. The third-order valence-corrected chi connectivity index (χ3v) is 10.3. The standard InChI is InChI=1S/C19H25N9O2.C17H22N8O/c1-27-10-12(8-24-27)13-9-25-28-16(20)6-15(26-18(13)28)11-2-3-14(23-7-11)19(30)22-5-4-17(21)29;1-19-17(26)13-4-3-10(6-20-13)14-5-15(18)25-16(23-14)12(8-22-25)11-7-21-24(2)9-11/h6,8-11,14,23H,2-5,7,20H2,1H3,(H2,21,29)(H,22,30);5,7-10,13,20H,3-4,6,18H2,1-2H3,(H,19,26)/t11-,14-;10-,13-/m00/s1. The normalized spacial score (nSPS) is 19.7. The first-order valence-corrected chi connectivity index (χ1v) is 18.5. The van der Waals surface area contributed by atoms with Crippen LogP contribution in [0.5, 0.6) is 0 Å². The molecule has 0 saturated carbocycles. The molecule has 0 radical (unpaired) electrons. The van der Waals surface area contributed by atoms with Crippen LogP contribution in [0.4, 0.5) is 11.6 Å². The molecular formula is C36H47N17O3. The first-order chi connectivity index (χ1) is 27.0. The number of aromatic nitrogens is 10. The van der Waals surface area contributed by atoms with E-state index >= 15 is 0 Å². The highest BCUT2D eigenvalue weighted by Gasteiger charge is 2.29. The van der Waals surface area contributed by atoms with Crippen LogP contribution in [0.1, 0.15) is 55.3 Å². The quantitative estimate of drug-likeness (QED) is 0.101. The van der Waals surface area contributed by atoms with E-state index in [-0.39, 0.29) is 48.7 Å². The largest absolute Gasteiger partial charge is 0.384 e.